The summed E-state index contributed by atoms with van der Waals surface area (Å²) in [5.74, 6) is -0.280. The van der Waals surface area contributed by atoms with Crippen molar-refractivity contribution in [2.75, 3.05) is 16.9 Å². The molecule has 1 aliphatic heterocycles. The Kier molecular flexibility index (Phi) is 4.52. The molecule has 1 aromatic rings. The van der Waals surface area contributed by atoms with Crippen molar-refractivity contribution in [1.29, 1.82) is 5.26 Å². The third-order valence-corrected chi connectivity index (χ3v) is 4.44. The zero-order valence-electron chi connectivity index (χ0n) is 10.2. The zero-order chi connectivity index (χ0) is 14.7. The Hall–Kier alpha value is -1.72. The summed E-state index contributed by atoms with van der Waals surface area (Å²) in [6.07, 6.45) is 0. The lowest BCUT2D eigenvalue weighted by atomic mass is 10.2. The van der Waals surface area contributed by atoms with Gasteiger partial charge in [-0.25, -0.2) is 9.59 Å². The van der Waals surface area contributed by atoms with Crippen LogP contribution in [0, 0.1) is 11.3 Å². The number of nitriles is 1. The summed E-state index contributed by atoms with van der Waals surface area (Å²) in [4.78, 5) is 24.4. The van der Waals surface area contributed by atoms with Crippen LogP contribution in [-0.4, -0.2) is 39.7 Å². The Morgan fingerprint density at radius 2 is 2.30 bits per heavy atom. The highest BCUT2D eigenvalue weighted by atomic mass is 79.9. The number of anilines is 1. The highest BCUT2D eigenvalue weighted by molar-refractivity contribution is 9.10. The van der Waals surface area contributed by atoms with Gasteiger partial charge in [-0.2, -0.15) is 5.26 Å². The zero-order valence-corrected chi connectivity index (χ0v) is 12.6. The number of hydrogen-bond donors (Lipinski definition) is 2. The van der Waals surface area contributed by atoms with Crippen molar-refractivity contribution in [2.45, 2.75) is 6.04 Å². The number of thioether (sulfide) groups is 1. The molecule has 2 amide bonds. The molecule has 0 spiro atoms. The van der Waals surface area contributed by atoms with E-state index in [1.54, 1.807) is 18.2 Å². The number of halogens is 1. The van der Waals surface area contributed by atoms with Crippen molar-refractivity contribution >= 4 is 45.4 Å². The van der Waals surface area contributed by atoms with Gasteiger partial charge in [-0.05, 0) is 34.1 Å². The Morgan fingerprint density at radius 1 is 1.55 bits per heavy atom. The SMILES string of the molecule is N#Cc1ccc(NC(=O)N2CSCC2C(=O)O)c(Br)c1. The third kappa shape index (κ3) is 3.05. The summed E-state index contributed by atoms with van der Waals surface area (Å²) in [6.45, 7) is 0. The number of nitrogens with one attached hydrogen (secondary N) is 1. The molecule has 1 heterocycles. The molecule has 1 atom stereocenters. The molecule has 2 N–H and O–H groups in total. The Labute approximate surface area is 127 Å². The van der Waals surface area contributed by atoms with Gasteiger partial charge in [-0.15, -0.1) is 11.8 Å². The second-order valence-corrected chi connectivity index (χ2v) is 5.91. The molecule has 20 heavy (non-hydrogen) atoms. The highest BCUT2D eigenvalue weighted by Gasteiger charge is 2.34. The minimum Gasteiger partial charge on any atom is -0.480 e. The van der Waals surface area contributed by atoms with Gasteiger partial charge in [0.05, 0.1) is 23.2 Å². The smallest absolute Gasteiger partial charge is 0.327 e. The number of hydrogen-bond acceptors (Lipinski definition) is 4. The molecule has 0 aromatic heterocycles. The van der Waals surface area contributed by atoms with Crippen molar-refractivity contribution < 1.29 is 14.7 Å². The third-order valence-electron chi connectivity index (χ3n) is 2.77. The lowest BCUT2D eigenvalue weighted by Gasteiger charge is -2.21. The van der Waals surface area contributed by atoms with Crippen LogP contribution in [0.15, 0.2) is 22.7 Å². The van der Waals surface area contributed by atoms with Crippen molar-refractivity contribution in [1.82, 2.24) is 4.90 Å². The fourth-order valence-corrected chi connectivity index (χ4v) is 3.34. The molecule has 1 aliphatic rings. The second kappa shape index (κ2) is 6.15. The van der Waals surface area contributed by atoms with Crippen LogP contribution in [0.2, 0.25) is 0 Å². The number of carboxylic acid groups (broad SMARTS) is 1. The van der Waals surface area contributed by atoms with E-state index in [4.69, 9.17) is 10.4 Å². The van der Waals surface area contributed by atoms with Crippen LogP contribution < -0.4 is 5.32 Å². The number of carbonyl (C=O) groups excluding carboxylic acids is 1. The van der Waals surface area contributed by atoms with Gasteiger partial charge >= 0.3 is 12.0 Å². The maximum Gasteiger partial charge on any atom is 0.327 e. The summed E-state index contributed by atoms with van der Waals surface area (Å²) in [5.41, 5.74) is 0.963. The first-order chi connectivity index (χ1) is 9.52. The fraction of sp³-hybridized carbons (Fsp3) is 0.250. The van der Waals surface area contributed by atoms with E-state index in [9.17, 15) is 9.59 Å². The van der Waals surface area contributed by atoms with Crippen LogP contribution in [0.1, 0.15) is 5.56 Å². The van der Waals surface area contributed by atoms with Crippen LogP contribution in [-0.2, 0) is 4.79 Å². The van der Waals surface area contributed by atoms with Crippen LogP contribution in [0.25, 0.3) is 0 Å². The normalized spacial score (nSPS) is 17.6. The monoisotopic (exact) mass is 355 g/mol. The number of aliphatic carboxylic acids is 1. The van der Waals surface area contributed by atoms with Crippen molar-refractivity contribution in [3.05, 3.63) is 28.2 Å². The molecule has 8 heteroatoms. The molecule has 1 unspecified atom stereocenters. The van der Waals surface area contributed by atoms with E-state index in [0.717, 1.165) is 0 Å². The summed E-state index contributed by atoms with van der Waals surface area (Å²) in [7, 11) is 0. The molecular weight excluding hydrogens is 346 g/mol. The molecule has 0 bridgehead atoms. The van der Waals surface area contributed by atoms with Gasteiger partial charge in [0.25, 0.3) is 0 Å². The summed E-state index contributed by atoms with van der Waals surface area (Å²) in [5, 5.41) is 20.5. The Bertz CT molecular complexity index is 602. The van der Waals surface area contributed by atoms with Crippen LogP contribution >= 0.6 is 27.7 Å². The molecule has 0 saturated carbocycles. The molecule has 0 aliphatic carbocycles. The average Bonchev–Trinajstić information content (AvgIpc) is 2.90. The molecule has 6 nitrogen and oxygen atoms in total. The van der Waals surface area contributed by atoms with Crippen molar-refractivity contribution in [2.24, 2.45) is 0 Å². The van der Waals surface area contributed by atoms with E-state index >= 15 is 0 Å². The first-order valence-corrected chi connectivity index (χ1v) is 7.55. The largest absolute Gasteiger partial charge is 0.480 e. The van der Waals surface area contributed by atoms with Crippen LogP contribution in [0.4, 0.5) is 10.5 Å². The van der Waals surface area contributed by atoms with Gasteiger partial charge in [-0.3, -0.25) is 0 Å². The summed E-state index contributed by atoms with van der Waals surface area (Å²) >= 11 is 4.66. The number of rotatable bonds is 2. The quantitative estimate of drug-likeness (QED) is 0.848. The molecule has 1 saturated heterocycles. The minimum atomic E-state index is -1.01. The molecule has 0 radical (unpaired) electrons. The summed E-state index contributed by atoms with van der Waals surface area (Å²) in [6, 6.07) is 5.48. The maximum atomic E-state index is 12.1. The first kappa shape index (κ1) is 14.7. The first-order valence-electron chi connectivity index (χ1n) is 5.60. The lowest BCUT2D eigenvalue weighted by molar-refractivity contribution is -0.140. The van der Waals surface area contributed by atoms with E-state index in [0.29, 0.717) is 27.4 Å². The standard InChI is InChI=1S/C12H10BrN3O3S/c13-8-3-7(4-14)1-2-9(8)15-12(19)16-6-20-5-10(16)11(17)18/h1-3,10H,5-6H2,(H,15,19)(H,17,18). The minimum absolute atomic E-state index is 0.344. The number of amides is 2. The topological polar surface area (TPSA) is 93.4 Å². The van der Waals surface area contributed by atoms with Gasteiger partial charge in [-0.1, -0.05) is 0 Å². The second-order valence-electron chi connectivity index (χ2n) is 4.06. The Morgan fingerprint density at radius 3 is 2.90 bits per heavy atom. The van der Waals surface area contributed by atoms with Gasteiger partial charge in [0.1, 0.15) is 6.04 Å². The highest BCUT2D eigenvalue weighted by Crippen LogP contribution is 2.26. The van der Waals surface area contributed by atoms with Crippen molar-refractivity contribution in [3.8, 4) is 6.07 Å². The number of benzene rings is 1. The molecule has 2 rings (SSSR count). The van der Waals surface area contributed by atoms with E-state index in [2.05, 4.69) is 21.2 Å². The van der Waals surface area contributed by atoms with E-state index in [1.807, 2.05) is 6.07 Å². The molecule has 1 fully saturated rings. The lowest BCUT2D eigenvalue weighted by Crippen LogP contribution is -2.44. The van der Waals surface area contributed by atoms with Crippen LogP contribution in [0.3, 0.4) is 0 Å². The van der Waals surface area contributed by atoms with Crippen molar-refractivity contribution in [3.63, 3.8) is 0 Å². The summed E-state index contributed by atoms with van der Waals surface area (Å²) < 4.78 is 0.573. The number of nitrogens with zero attached hydrogens (tertiary/aromatic N) is 2. The maximum absolute atomic E-state index is 12.1. The van der Waals surface area contributed by atoms with Gasteiger partial charge in [0.2, 0.25) is 0 Å². The van der Waals surface area contributed by atoms with Gasteiger partial charge < -0.3 is 15.3 Å². The number of carbonyl (C=O) groups is 2. The van der Waals surface area contributed by atoms with E-state index in [1.165, 1.54) is 16.7 Å². The van der Waals surface area contributed by atoms with Crippen LogP contribution in [0.5, 0.6) is 0 Å². The average molecular weight is 356 g/mol. The number of urea groups is 1. The molecule has 1 aromatic carbocycles. The molecular formula is C12H10BrN3O3S. The van der Waals surface area contributed by atoms with Gasteiger partial charge in [0.15, 0.2) is 0 Å². The van der Waals surface area contributed by atoms with E-state index < -0.39 is 18.0 Å². The predicted molar refractivity (Wildman–Crippen MR) is 78.5 cm³/mol. The fourth-order valence-electron chi connectivity index (χ4n) is 1.72. The molecule has 104 valence electrons. The van der Waals surface area contributed by atoms with E-state index in [-0.39, 0.29) is 0 Å². The Balaban J connectivity index is 2.12. The number of carboxylic acids is 1. The predicted octanol–water partition coefficient (Wildman–Crippen LogP) is 2.31. The van der Waals surface area contributed by atoms with Gasteiger partial charge in [0, 0.05) is 10.2 Å².